The Labute approximate surface area is 107 Å². The van der Waals surface area contributed by atoms with Gasteiger partial charge in [-0.25, -0.2) is 0 Å². The molecule has 0 aliphatic heterocycles. The highest BCUT2D eigenvalue weighted by atomic mass is 16.3. The number of nitrogens with one attached hydrogen (secondary N) is 1. The number of phenols is 1. The first kappa shape index (κ1) is 12.7. The van der Waals surface area contributed by atoms with Crippen LogP contribution in [0.1, 0.15) is 36.5 Å². The molecule has 0 aliphatic rings. The maximum atomic E-state index is 9.85. The molecule has 2 rings (SSSR count). The van der Waals surface area contributed by atoms with Crippen LogP contribution in [-0.2, 0) is 6.54 Å². The van der Waals surface area contributed by atoms with Gasteiger partial charge < -0.3 is 14.8 Å². The smallest absolute Gasteiger partial charge is 0.120 e. The molecule has 18 heavy (non-hydrogen) atoms. The van der Waals surface area contributed by atoms with Gasteiger partial charge in [0.1, 0.15) is 17.3 Å². The van der Waals surface area contributed by atoms with Crippen LogP contribution in [0.5, 0.6) is 5.75 Å². The molecule has 2 N–H and O–H groups in total. The van der Waals surface area contributed by atoms with E-state index in [4.69, 9.17) is 4.42 Å². The van der Waals surface area contributed by atoms with Gasteiger partial charge in [0.25, 0.3) is 0 Å². The number of furan rings is 1. The van der Waals surface area contributed by atoms with Crippen molar-refractivity contribution in [3.05, 3.63) is 53.5 Å². The largest absolute Gasteiger partial charge is 0.508 e. The van der Waals surface area contributed by atoms with Gasteiger partial charge in [0.05, 0.1) is 6.54 Å². The van der Waals surface area contributed by atoms with Crippen molar-refractivity contribution in [2.45, 2.75) is 32.9 Å². The zero-order valence-electron chi connectivity index (χ0n) is 10.8. The highest BCUT2D eigenvalue weighted by Crippen LogP contribution is 2.26. The fourth-order valence-electron chi connectivity index (χ4n) is 2.06. The molecule has 0 radical (unpaired) electrons. The summed E-state index contributed by atoms with van der Waals surface area (Å²) in [6.45, 7) is 4.70. The van der Waals surface area contributed by atoms with Gasteiger partial charge in [-0.05, 0) is 31.5 Å². The summed E-state index contributed by atoms with van der Waals surface area (Å²) in [5.74, 6) is 2.18. The fourth-order valence-corrected chi connectivity index (χ4v) is 2.06. The highest BCUT2D eigenvalue weighted by Gasteiger charge is 2.12. The summed E-state index contributed by atoms with van der Waals surface area (Å²) in [6.07, 6.45) is 0.914. The Morgan fingerprint density at radius 2 is 2.00 bits per heavy atom. The predicted molar refractivity (Wildman–Crippen MR) is 71.4 cm³/mol. The minimum Gasteiger partial charge on any atom is -0.508 e. The number of hydrogen-bond acceptors (Lipinski definition) is 3. The quantitative estimate of drug-likeness (QED) is 0.847. The summed E-state index contributed by atoms with van der Waals surface area (Å²) in [5.41, 5.74) is 0.934. The van der Waals surface area contributed by atoms with Crippen molar-refractivity contribution in [1.29, 1.82) is 0 Å². The molecule has 0 spiro atoms. The third-order valence-corrected chi connectivity index (χ3v) is 3.04. The predicted octanol–water partition coefficient (Wildman–Crippen LogP) is 3.53. The zero-order chi connectivity index (χ0) is 13.0. The maximum Gasteiger partial charge on any atom is 0.120 e. The minimum absolute atomic E-state index is 0.136. The molecule has 0 aliphatic carbocycles. The molecule has 3 nitrogen and oxygen atoms in total. The van der Waals surface area contributed by atoms with Gasteiger partial charge in [-0.1, -0.05) is 25.1 Å². The Hall–Kier alpha value is -1.74. The SMILES string of the molecule is CCC(NCc1ccc(C)o1)c1ccccc1O. The molecule has 96 valence electrons. The van der Waals surface area contributed by atoms with E-state index in [9.17, 15) is 5.11 Å². The molecule has 1 aromatic heterocycles. The molecule has 1 atom stereocenters. The van der Waals surface area contributed by atoms with Crippen LogP contribution < -0.4 is 5.32 Å². The molecule has 0 bridgehead atoms. The summed E-state index contributed by atoms with van der Waals surface area (Å²) in [6, 6.07) is 11.5. The van der Waals surface area contributed by atoms with Gasteiger partial charge in [0.15, 0.2) is 0 Å². The van der Waals surface area contributed by atoms with E-state index in [1.807, 2.05) is 37.3 Å². The first-order valence-corrected chi connectivity index (χ1v) is 6.27. The zero-order valence-corrected chi connectivity index (χ0v) is 10.8. The van der Waals surface area contributed by atoms with Crippen LogP contribution >= 0.6 is 0 Å². The van der Waals surface area contributed by atoms with Crippen LogP contribution in [0.25, 0.3) is 0 Å². The number of benzene rings is 1. The van der Waals surface area contributed by atoms with Crippen molar-refractivity contribution in [1.82, 2.24) is 5.32 Å². The molecule has 0 saturated heterocycles. The molecule has 1 heterocycles. The van der Waals surface area contributed by atoms with E-state index >= 15 is 0 Å². The number of aryl methyl sites for hydroxylation is 1. The Morgan fingerprint density at radius 3 is 2.61 bits per heavy atom. The standard InChI is InChI=1S/C15H19NO2/c1-3-14(13-6-4-5-7-15(13)17)16-10-12-9-8-11(2)18-12/h4-9,14,16-17H,3,10H2,1-2H3. The van der Waals surface area contributed by atoms with E-state index in [1.54, 1.807) is 6.07 Å². The average Bonchev–Trinajstić information content (AvgIpc) is 2.78. The number of rotatable bonds is 5. The van der Waals surface area contributed by atoms with Crippen molar-refractivity contribution < 1.29 is 9.52 Å². The van der Waals surface area contributed by atoms with Crippen molar-refractivity contribution >= 4 is 0 Å². The molecule has 1 aromatic carbocycles. The lowest BCUT2D eigenvalue weighted by atomic mass is 10.0. The van der Waals surface area contributed by atoms with Crippen LogP contribution in [0.2, 0.25) is 0 Å². The number of para-hydroxylation sites is 1. The van der Waals surface area contributed by atoms with Crippen molar-refractivity contribution in [3.63, 3.8) is 0 Å². The summed E-state index contributed by atoms with van der Waals surface area (Å²) < 4.78 is 5.52. The minimum atomic E-state index is 0.136. The van der Waals surface area contributed by atoms with Crippen LogP contribution in [0, 0.1) is 6.92 Å². The Bertz CT molecular complexity index is 505. The maximum absolute atomic E-state index is 9.85. The third kappa shape index (κ3) is 2.93. The lowest BCUT2D eigenvalue weighted by molar-refractivity contribution is 0.413. The second-order valence-corrected chi connectivity index (χ2v) is 4.41. The van der Waals surface area contributed by atoms with Crippen LogP contribution in [0.4, 0.5) is 0 Å². The van der Waals surface area contributed by atoms with Crippen LogP contribution in [0.3, 0.4) is 0 Å². The number of phenolic OH excluding ortho intramolecular Hbond substituents is 1. The molecular formula is C15H19NO2. The van der Waals surface area contributed by atoms with Crippen molar-refractivity contribution in [2.24, 2.45) is 0 Å². The summed E-state index contributed by atoms with van der Waals surface area (Å²) >= 11 is 0. The highest BCUT2D eigenvalue weighted by molar-refractivity contribution is 5.34. The van der Waals surface area contributed by atoms with Gasteiger partial charge in [-0.2, -0.15) is 0 Å². The van der Waals surface area contributed by atoms with Gasteiger partial charge in [0, 0.05) is 11.6 Å². The fraction of sp³-hybridized carbons (Fsp3) is 0.333. The second-order valence-electron chi connectivity index (χ2n) is 4.41. The molecule has 1 unspecified atom stereocenters. The van der Waals surface area contributed by atoms with E-state index in [2.05, 4.69) is 12.2 Å². The number of hydrogen-bond donors (Lipinski definition) is 2. The lowest BCUT2D eigenvalue weighted by Gasteiger charge is -2.17. The molecule has 0 saturated carbocycles. The monoisotopic (exact) mass is 245 g/mol. The molecule has 0 fully saturated rings. The summed E-state index contributed by atoms with van der Waals surface area (Å²) in [5, 5.41) is 13.3. The molecule has 2 aromatic rings. The Kier molecular flexibility index (Phi) is 4.05. The van der Waals surface area contributed by atoms with E-state index in [0.29, 0.717) is 12.3 Å². The van der Waals surface area contributed by atoms with E-state index in [1.165, 1.54) is 0 Å². The average molecular weight is 245 g/mol. The second kappa shape index (κ2) is 5.74. The molecule has 3 heteroatoms. The van der Waals surface area contributed by atoms with Crippen molar-refractivity contribution in [3.8, 4) is 5.75 Å². The normalized spacial score (nSPS) is 12.6. The Morgan fingerprint density at radius 1 is 1.22 bits per heavy atom. The number of aromatic hydroxyl groups is 1. The van der Waals surface area contributed by atoms with Crippen molar-refractivity contribution in [2.75, 3.05) is 0 Å². The topological polar surface area (TPSA) is 45.4 Å². The van der Waals surface area contributed by atoms with Crippen LogP contribution in [-0.4, -0.2) is 5.11 Å². The first-order chi connectivity index (χ1) is 8.70. The molecular weight excluding hydrogens is 226 g/mol. The summed E-state index contributed by atoms with van der Waals surface area (Å²) in [7, 11) is 0. The van der Waals surface area contributed by atoms with Crippen LogP contribution in [0.15, 0.2) is 40.8 Å². The summed E-state index contributed by atoms with van der Waals surface area (Å²) in [4.78, 5) is 0. The molecule has 0 amide bonds. The van der Waals surface area contributed by atoms with E-state index in [-0.39, 0.29) is 6.04 Å². The third-order valence-electron chi connectivity index (χ3n) is 3.04. The van der Waals surface area contributed by atoms with Gasteiger partial charge in [-0.15, -0.1) is 0 Å². The lowest BCUT2D eigenvalue weighted by Crippen LogP contribution is -2.20. The van der Waals surface area contributed by atoms with Gasteiger partial charge >= 0.3 is 0 Å². The van der Waals surface area contributed by atoms with E-state index in [0.717, 1.165) is 23.5 Å². The van der Waals surface area contributed by atoms with E-state index < -0.39 is 0 Å². The van der Waals surface area contributed by atoms with Gasteiger partial charge in [0.2, 0.25) is 0 Å². The van der Waals surface area contributed by atoms with Gasteiger partial charge in [-0.3, -0.25) is 0 Å². The Balaban J connectivity index is 2.04. The first-order valence-electron chi connectivity index (χ1n) is 6.27.